The molecule has 11 N–H and O–H groups in total. The summed E-state index contributed by atoms with van der Waals surface area (Å²) in [5.74, 6) is -0.866. The fraction of sp³-hybridized carbons (Fsp3) is 0.821. The molecule has 356 valence electrons. The Morgan fingerprint density at radius 3 is 1.84 bits per heavy atom. The van der Waals surface area contributed by atoms with Crippen molar-refractivity contribution in [3.05, 3.63) is 11.8 Å². The van der Waals surface area contributed by atoms with Crippen LogP contribution in [-0.2, 0) is 38.0 Å². The monoisotopic (exact) mass is 892 g/mol. The first-order valence-electron chi connectivity index (χ1n) is 20.4. The van der Waals surface area contributed by atoms with Crippen molar-refractivity contribution in [2.24, 2.45) is 0 Å². The van der Waals surface area contributed by atoms with Crippen molar-refractivity contribution in [3.8, 4) is 0 Å². The third kappa shape index (κ3) is 16.5. The van der Waals surface area contributed by atoms with Crippen LogP contribution in [0.1, 0.15) is 88.5 Å². The molecule has 23 heteroatoms. The summed E-state index contributed by atoms with van der Waals surface area (Å²) < 4.78 is 40.5. The molecule has 12 atom stereocenters. The van der Waals surface area contributed by atoms with E-state index in [0.29, 0.717) is 0 Å². The highest BCUT2D eigenvalue weighted by Crippen LogP contribution is 2.33. The number of carboxylic acid groups (broad SMARTS) is 1. The number of aliphatic hydroxyl groups excluding tert-OH is 3. The first-order chi connectivity index (χ1) is 28.5. The summed E-state index contributed by atoms with van der Waals surface area (Å²) in [5.41, 5.74) is -4.25. The second kappa shape index (κ2) is 21.4. The van der Waals surface area contributed by atoms with E-state index in [-0.39, 0.29) is 44.7 Å². The lowest BCUT2D eigenvalue weighted by atomic mass is 9.82. The number of hydrogen-bond donors (Lipinski definition) is 11. The van der Waals surface area contributed by atoms with Gasteiger partial charge in [0, 0.05) is 6.54 Å². The van der Waals surface area contributed by atoms with Gasteiger partial charge in [-0.15, -0.1) is 0 Å². The number of nitrogens with one attached hydrogen (secondary N) is 6. The Kier molecular flexibility index (Phi) is 18.0. The van der Waals surface area contributed by atoms with Crippen LogP contribution in [0.2, 0.25) is 0 Å². The third-order valence-corrected chi connectivity index (χ3v) is 9.43. The molecule has 1 unspecified atom stereocenters. The molecule has 2 aliphatic heterocycles. The van der Waals surface area contributed by atoms with Gasteiger partial charge in [0.15, 0.2) is 6.29 Å². The van der Waals surface area contributed by atoms with Gasteiger partial charge in [-0.2, -0.15) is 0 Å². The number of ether oxygens (including phenoxy) is 7. The minimum absolute atomic E-state index is 0.0280. The molecule has 0 aromatic heterocycles. The Labute approximate surface area is 361 Å². The van der Waals surface area contributed by atoms with Crippen LogP contribution in [0.4, 0.5) is 19.2 Å². The van der Waals surface area contributed by atoms with E-state index < -0.39 is 120 Å². The SMILES string of the molecule is CN[C@@H]1[C@@H](O)[C@@H](O[C@@H]2[C@@H](O)[C@H](O[C@H]3OC(CNC(=O)O)=CC[C@H]3NC(=O)OC(C)(C)C)[C@@H](NC(=O)OC(C)(C)C)C[C@H]2NC(=O)C(O)CCNC(=O)OC(C)(C)C)OC[C@]1(C)O. The number of alkyl carbamates (subject to hydrolysis) is 3. The van der Waals surface area contributed by atoms with Gasteiger partial charge >= 0.3 is 24.4 Å². The van der Waals surface area contributed by atoms with Gasteiger partial charge in [0.1, 0.15) is 58.7 Å². The van der Waals surface area contributed by atoms with Gasteiger partial charge in [0.2, 0.25) is 12.2 Å². The quantitative estimate of drug-likeness (QED) is 0.102. The van der Waals surface area contributed by atoms with E-state index in [1.165, 1.54) is 20.0 Å². The Morgan fingerprint density at radius 1 is 0.790 bits per heavy atom. The van der Waals surface area contributed by atoms with Crippen molar-refractivity contribution in [2.75, 3.05) is 26.7 Å². The van der Waals surface area contributed by atoms with Gasteiger partial charge in [0.25, 0.3) is 0 Å². The van der Waals surface area contributed by atoms with Crippen molar-refractivity contribution >= 4 is 30.3 Å². The highest BCUT2D eigenvalue weighted by Gasteiger charge is 2.53. The van der Waals surface area contributed by atoms with Crippen molar-refractivity contribution in [1.29, 1.82) is 0 Å². The summed E-state index contributed by atoms with van der Waals surface area (Å²) in [7, 11) is 1.50. The van der Waals surface area contributed by atoms with Gasteiger partial charge < -0.3 is 90.6 Å². The number of likely N-dealkylation sites (N-methyl/N-ethyl adjacent to an activating group) is 1. The highest BCUT2D eigenvalue weighted by atomic mass is 16.7. The third-order valence-electron chi connectivity index (χ3n) is 9.43. The number of carbonyl (C=O) groups excluding carboxylic acids is 4. The number of carbonyl (C=O) groups is 5. The Balaban J connectivity index is 2.03. The van der Waals surface area contributed by atoms with Gasteiger partial charge in [-0.05, 0) is 102 Å². The summed E-state index contributed by atoms with van der Waals surface area (Å²) in [4.78, 5) is 63.4. The second-order valence-electron chi connectivity index (χ2n) is 18.6. The molecular weight excluding hydrogens is 824 g/mol. The van der Waals surface area contributed by atoms with Gasteiger partial charge in [-0.3, -0.25) is 4.79 Å². The fourth-order valence-electron chi connectivity index (χ4n) is 6.84. The van der Waals surface area contributed by atoms with Crippen molar-refractivity contribution in [2.45, 2.75) is 178 Å². The van der Waals surface area contributed by atoms with Crippen molar-refractivity contribution in [1.82, 2.24) is 31.9 Å². The van der Waals surface area contributed by atoms with Crippen LogP contribution in [0.5, 0.6) is 0 Å². The van der Waals surface area contributed by atoms with Crippen molar-refractivity contribution in [3.63, 3.8) is 0 Å². The van der Waals surface area contributed by atoms with Crippen LogP contribution in [0, 0.1) is 0 Å². The standard InChI is InChI=1S/C39H68N6O17/c1-36(2,3)60-33(52)41-15-14-23(46)29(49)43-21-16-22(45-35(54)62-38(7,8)9)27(24(47)26(21)59-31-25(48)28(40-11)39(10,55)18-56-31)58-30-20(44-34(53)61-37(4,5)6)13-12-19(57-30)17-42-32(50)51/h12,20-28,30-31,40,42,46-48,55H,13-18H2,1-11H3,(H,41,52)(H,43,49)(H,44,53)(H,45,54)(H,50,51)/t20-,21-,22+,23?,24-,25-,26+,27-,28-,30-,31-,39+/m1/s1. The number of rotatable bonds is 14. The molecule has 0 aromatic rings. The normalized spacial score (nSPS) is 30.9. The van der Waals surface area contributed by atoms with Crippen LogP contribution in [0.15, 0.2) is 11.8 Å². The van der Waals surface area contributed by atoms with Gasteiger partial charge in [-0.1, -0.05) is 0 Å². The Morgan fingerprint density at radius 2 is 1.31 bits per heavy atom. The summed E-state index contributed by atoms with van der Waals surface area (Å²) in [5, 5.41) is 70.1. The van der Waals surface area contributed by atoms with E-state index in [4.69, 9.17) is 33.2 Å². The van der Waals surface area contributed by atoms with Gasteiger partial charge in [0.05, 0.1) is 37.3 Å². The lowest BCUT2D eigenvalue weighted by Gasteiger charge is -2.49. The molecule has 3 aliphatic rings. The summed E-state index contributed by atoms with van der Waals surface area (Å²) >= 11 is 0. The van der Waals surface area contributed by atoms with E-state index >= 15 is 0 Å². The maximum absolute atomic E-state index is 13.6. The Bertz CT molecular complexity index is 1580. The lowest BCUT2D eigenvalue weighted by molar-refractivity contribution is -0.304. The molecule has 5 amide bonds. The van der Waals surface area contributed by atoms with E-state index in [0.717, 1.165) is 0 Å². The predicted molar refractivity (Wildman–Crippen MR) is 216 cm³/mol. The maximum atomic E-state index is 13.6. The van der Waals surface area contributed by atoms with E-state index in [9.17, 15) is 49.5 Å². The summed E-state index contributed by atoms with van der Waals surface area (Å²) in [6, 6.07) is -4.55. The van der Waals surface area contributed by atoms with Crippen molar-refractivity contribution < 1.29 is 82.7 Å². The van der Waals surface area contributed by atoms with Crippen LogP contribution in [0.3, 0.4) is 0 Å². The highest BCUT2D eigenvalue weighted by molar-refractivity contribution is 5.81. The molecule has 0 bridgehead atoms. The zero-order valence-electron chi connectivity index (χ0n) is 37.3. The van der Waals surface area contributed by atoms with E-state index in [1.54, 1.807) is 62.3 Å². The maximum Gasteiger partial charge on any atom is 0.408 e. The minimum atomic E-state index is -1.86. The molecule has 23 nitrogen and oxygen atoms in total. The fourth-order valence-corrected chi connectivity index (χ4v) is 6.84. The molecule has 1 aliphatic carbocycles. The van der Waals surface area contributed by atoms with Crippen LogP contribution >= 0.6 is 0 Å². The average molecular weight is 893 g/mol. The Hall–Kier alpha value is -4.23. The summed E-state index contributed by atoms with van der Waals surface area (Å²) in [6.45, 7) is 15.5. The van der Waals surface area contributed by atoms with Crippen LogP contribution < -0.4 is 31.9 Å². The van der Waals surface area contributed by atoms with E-state index in [2.05, 4.69) is 31.9 Å². The molecule has 1 saturated carbocycles. The molecule has 0 radical (unpaired) electrons. The zero-order valence-corrected chi connectivity index (χ0v) is 37.3. The summed E-state index contributed by atoms with van der Waals surface area (Å²) in [6.07, 6.45) is -14.2. The second-order valence-corrected chi connectivity index (χ2v) is 18.6. The average Bonchev–Trinajstić information content (AvgIpc) is 3.09. The van der Waals surface area contributed by atoms with Crippen LogP contribution in [-0.4, -0.2) is 172 Å². The number of hydrogen-bond acceptors (Lipinski definition) is 17. The smallest absolute Gasteiger partial charge is 0.408 e. The minimum Gasteiger partial charge on any atom is -0.465 e. The lowest BCUT2D eigenvalue weighted by Crippen LogP contribution is -2.70. The largest absolute Gasteiger partial charge is 0.465 e. The number of aliphatic hydroxyl groups is 4. The van der Waals surface area contributed by atoms with Gasteiger partial charge in [-0.25, -0.2) is 19.2 Å². The molecule has 0 spiro atoms. The molecule has 2 heterocycles. The molecule has 1 saturated heterocycles. The predicted octanol–water partition coefficient (Wildman–Crippen LogP) is 0.0226. The molecular formula is C39H68N6O17. The van der Waals surface area contributed by atoms with E-state index in [1.807, 2.05) is 0 Å². The molecule has 2 fully saturated rings. The topological polar surface area (TPSA) is 323 Å². The zero-order chi connectivity index (χ0) is 47.0. The van der Waals surface area contributed by atoms with Crippen LogP contribution in [0.25, 0.3) is 0 Å². The first kappa shape index (κ1) is 52.1. The molecule has 62 heavy (non-hydrogen) atoms. The molecule has 3 rings (SSSR count). The molecule has 0 aromatic carbocycles. The first-order valence-corrected chi connectivity index (χ1v) is 20.4. The number of amides is 5.